The van der Waals surface area contributed by atoms with Crippen molar-refractivity contribution in [2.45, 2.75) is 51.4 Å². The maximum atomic E-state index is 15.1. The van der Waals surface area contributed by atoms with Gasteiger partial charge in [-0.2, -0.15) is 0 Å². The summed E-state index contributed by atoms with van der Waals surface area (Å²) in [6.45, 7) is 7.71. The second-order valence-corrected chi connectivity index (χ2v) is 10.3. The van der Waals surface area contributed by atoms with Gasteiger partial charge in [-0.05, 0) is 57.0 Å². The summed E-state index contributed by atoms with van der Waals surface area (Å²) in [7, 11) is 0. The fraction of sp³-hybridized carbons (Fsp3) is 0.429. The number of halogens is 2. The molecule has 0 saturated carbocycles. The number of piperazine rings is 1. The van der Waals surface area contributed by atoms with Crippen molar-refractivity contribution >= 4 is 11.6 Å². The van der Waals surface area contributed by atoms with E-state index in [1.807, 2.05) is 12.1 Å². The number of aromatic nitrogens is 2. The summed E-state index contributed by atoms with van der Waals surface area (Å²) in [6, 6.07) is 12.4. The molecule has 2 aliphatic rings. The smallest absolute Gasteiger partial charge is 0.290 e. The van der Waals surface area contributed by atoms with Crippen molar-refractivity contribution < 1.29 is 13.6 Å². The minimum Gasteiger partial charge on any atom is -0.382 e. The van der Waals surface area contributed by atoms with Gasteiger partial charge >= 0.3 is 0 Å². The number of hydrogen-bond donors (Lipinski definition) is 2. The summed E-state index contributed by atoms with van der Waals surface area (Å²) in [4.78, 5) is 21.7. The molecule has 0 radical (unpaired) electrons. The number of carbonyl (C=O) groups is 1. The lowest BCUT2D eigenvalue weighted by atomic mass is 10.0. The summed E-state index contributed by atoms with van der Waals surface area (Å²) >= 11 is 0. The van der Waals surface area contributed by atoms with E-state index in [-0.39, 0.29) is 29.4 Å². The monoisotopic (exact) mass is 508 g/mol. The highest BCUT2D eigenvalue weighted by atomic mass is 19.1. The average molecular weight is 509 g/mol. The van der Waals surface area contributed by atoms with Crippen molar-refractivity contribution in [3.63, 3.8) is 0 Å². The quantitative estimate of drug-likeness (QED) is 0.526. The highest BCUT2D eigenvalue weighted by Gasteiger charge is 2.27. The van der Waals surface area contributed by atoms with Crippen molar-refractivity contribution in [1.82, 2.24) is 24.7 Å². The molecule has 7 nitrogen and oxygen atoms in total. The lowest BCUT2D eigenvalue weighted by Gasteiger charge is -2.36. The minimum absolute atomic E-state index is 0.161. The van der Waals surface area contributed by atoms with E-state index >= 15 is 4.39 Å². The zero-order valence-corrected chi connectivity index (χ0v) is 21.3. The van der Waals surface area contributed by atoms with Gasteiger partial charge in [-0.1, -0.05) is 12.1 Å². The van der Waals surface area contributed by atoms with E-state index in [1.54, 1.807) is 34.0 Å². The maximum Gasteiger partial charge on any atom is 0.290 e. The summed E-state index contributed by atoms with van der Waals surface area (Å²) in [6.07, 6.45) is 4.76. The van der Waals surface area contributed by atoms with Crippen LogP contribution < -0.4 is 10.6 Å². The van der Waals surface area contributed by atoms with Crippen LogP contribution in [0, 0.1) is 11.6 Å². The Hall–Kier alpha value is -3.30. The third-order valence-corrected chi connectivity index (χ3v) is 7.15. The second-order valence-electron chi connectivity index (χ2n) is 10.3. The molecule has 2 N–H and O–H groups in total. The number of imidazole rings is 1. The van der Waals surface area contributed by atoms with Gasteiger partial charge in [0.1, 0.15) is 11.6 Å². The first kappa shape index (κ1) is 25.4. The molecule has 2 atom stereocenters. The summed E-state index contributed by atoms with van der Waals surface area (Å²) < 4.78 is 30.3. The number of nitrogens with one attached hydrogen (secondary N) is 2. The standard InChI is InChI=1S/C28H34F2N6O/c1-19-16-34(17-20(2)32-19)18-21-6-7-25(15-26(21)30)36-13-10-31-27(36)28(37)35-11-8-23(9-12-35)33-24-5-3-4-22(29)14-24/h3-7,10,13-15,19-20,23,32-33H,8-9,11-12,16-18H2,1-2H3/t19-,20+. The lowest BCUT2D eigenvalue weighted by Crippen LogP contribution is -2.53. The number of nitrogens with zero attached hydrogens (tertiary/aromatic N) is 4. The van der Waals surface area contributed by atoms with Crippen LogP contribution in [0.4, 0.5) is 14.5 Å². The molecule has 196 valence electrons. The number of hydrogen-bond acceptors (Lipinski definition) is 5. The van der Waals surface area contributed by atoms with Crippen molar-refractivity contribution in [1.29, 1.82) is 0 Å². The third-order valence-electron chi connectivity index (χ3n) is 7.15. The first-order chi connectivity index (χ1) is 17.9. The summed E-state index contributed by atoms with van der Waals surface area (Å²) in [5, 5.41) is 6.85. The Bertz CT molecular complexity index is 1230. The Morgan fingerprint density at radius 2 is 1.84 bits per heavy atom. The van der Waals surface area contributed by atoms with Gasteiger partial charge < -0.3 is 15.5 Å². The first-order valence-electron chi connectivity index (χ1n) is 13.0. The van der Waals surface area contributed by atoms with Gasteiger partial charge in [-0.25, -0.2) is 13.8 Å². The molecule has 0 unspecified atom stereocenters. The van der Waals surface area contributed by atoms with E-state index < -0.39 is 0 Å². The van der Waals surface area contributed by atoms with Crippen LogP contribution in [0.2, 0.25) is 0 Å². The van der Waals surface area contributed by atoms with Crippen molar-refractivity contribution in [3.8, 4) is 5.69 Å². The van der Waals surface area contributed by atoms with E-state index in [0.717, 1.165) is 31.6 Å². The number of benzene rings is 2. The van der Waals surface area contributed by atoms with Gasteiger partial charge in [0, 0.05) is 74.5 Å². The molecule has 2 saturated heterocycles. The molecule has 1 aromatic heterocycles. The summed E-state index contributed by atoms with van der Waals surface area (Å²) in [5.41, 5.74) is 1.96. The van der Waals surface area contributed by atoms with Crippen LogP contribution in [-0.4, -0.2) is 69.6 Å². The molecule has 9 heteroatoms. The SMILES string of the molecule is C[C@@H]1CN(Cc2ccc(-n3ccnc3C(=O)N3CCC(Nc4cccc(F)c4)CC3)cc2F)C[C@H](C)N1. The van der Waals surface area contributed by atoms with Crippen LogP contribution in [0.25, 0.3) is 5.69 Å². The second kappa shape index (κ2) is 11.0. The molecule has 0 spiro atoms. The van der Waals surface area contributed by atoms with E-state index in [2.05, 4.69) is 34.4 Å². The average Bonchev–Trinajstić information content (AvgIpc) is 3.35. The van der Waals surface area contributed by atoms with Gasteiger partial charge in [0.15, 0.2) is 0 Å². The number of amides is 1. The Kier molecular flexibility index (Phi) is 7.53. The minimum atomic E-state index is -0.285. The molecular weight excluding hydrogens is 474 g/mol. The molecule has 37 heavy (non-hydrogen) atoms. The predicted molar refractivity (Wildman–Crippen MR) is 140 cm³/mol. The number of rotatable bonds is 6. The maximum absolute atomic E-state index is 15.1. The van der Waals surface area contributed by atoms with Crippen LogP contribution in [0.1, 0.15) is 42.9 Å². The molecule has 0 aliphatic carbocycles. The number of anilines is 1. The van der Waals surface area contributed by atoms with Gasteiger partial charge in [-0.15, -0.1) is 0 Å². The van der Waals surface area contributed by atoms with Crippen molar-refractivity contribution in [2.75, 3.05) is 31.5 Å². The molecule has 2 aliphatic heterocycles. The largest absolute Gasteiger partial charge is 0.382 e. The van der Waals surface area contributed by atoms with Gasteiger partial charge in [0.05, 0.1) is 5.69 Å². The van der Waals surface area contributed by atoms with E-state index in [9.17, 15) is 9.18 Å². The zero-order chi connectivity index (χ0) is 25.9. The molecule has 2 aromatic carbocycles. The van der Waals surface area contributed by atoms with Crippen LogP contribution in [0.5, 0.6) is 0 Å². The molecule has 3 heterocycles. The topological polar surface area (TPSA) is 65.4 Å². The fourth-order valence-electron chi connectivity index (χ4n) is 5.48. The van der Waals surface area contributed by atoms with Crippen LogP contribution in [0.3, 0.4) is 0 Å². The van der Waals surface area contributed by atoms with Crippen LogP contribution in [0.15, 0.2) is 54.9 Å². The Balaban J connectivity index is 1.22. The molecule has 2 fully saturated rings. The number of carbonyl (C=O) groups excluding carboxylic acids is 1. The predicted octanol–water partition coefficient (Wildman–Crippen LogP) is 4.05. The first-order valence-corrected chi connectivity index (χ1v) is 13.0. The molecule has 3 aromatic rings. The van der Waals surface area contributed by atoms with Gasteiger partial charge in [0.25, 0.3) is 5.91 Å². The molecule has 5 rings (SSSR count). The van der Waals surface area contributed by atoms with Crippen molar-refractivity contribution in [2.24, 2.45) is 0 Å². The van der Waals surface area contributed by atoms with Gasteiger partial charge in [0.2, 0.25) is 5.82 Å². The van der Waals surface area contributed by atoms with E-state index in [1.165, 1.54) is 18.2 Å². The summed E-state index contributed by atoms with van der Waals surface area (Å²) in [5.74, 6) is -0.467. The molecular formula is C28H34F2N6O. The highest BCUT2D eigenvalue weighted by Crippen LogP contribution is 2.22. The Morgan fingerprint density at radius 3 is 2.54 bits per heavy atom. The number of piperidine rings is 1. The van der Waals surface area contributed by atoms with E-state index in [4.69, 9.17) is 0 Å². The van der Waals surface area contributed by atoms with Crippen LogP contribution in [-0.2, 0) is 6.54 Å². The van der Waals surface area contributed by atoms with Gasteiger partial charge in [-0.3, -0.25) is 14.3 Å². The molecule has 0 bridgehead atoms. The third kappa shape index (κ3) is 5.99. The Morgan fingerprint density at radius 1 is 1.08 bits per heavy atom. The zero-order valence-electron chi connectivity index (χ0n) is 21.3. The Labute approximate surface area is 216 Å². The van der Waals surface area contributed by atoms with Crippen molar-refractivity contribution in [3.05, 3.63) is 77.9 Å². The van der Waals surface area contributed by atoms with Crippen LogP contribution >= 0.6 is 0 Å². The van der Waals surface area contributed by atoms with E-state index in [0.29, 0.717) is 43.0 Å². The molecule has 1 amide bonds. The highest BCUT2D eigenvalue weighted by molar-refractivity contribution is 5.91. The normalized spacial score (nSPS) is 21.2. The fourth-order valence-corrected chi connectivity index (χ4v) is 5.48. The number of likely N-dealkylation sites (tertiary alicyclic amines) is 1. The lowest BCUT2D eigenvalue weighted by molar-refractivity contribution is 0.0704.